The van der Waals surface area contributed by atoms with E-state index in [2.05, 4.69) is 45.2 Å². The largest absolute Gasteiger partial charge is 0.394 e. The molecule has 0 bridgehead atoms. The summed E-state index contributed by atoms with van der Waals surface area (Å²) in [5, 5.41) is 9.26. The molecule has 0 spiro atoms. The normalized spacial score (nSPS) is 33.9. The zero-order valence-electron chi connectivity index (χ0n) is 9.49. The monoisotopic (exact) mass is 215 g/mol. The second-order valence-corrected chi connectivity index (χ2v) is 4.60. The smallest absolute Gasteiger partial charge is 0.0638 e. The molecule has 0 amide bonds. The van der Waals surface area contributed by atoms with Crippen molar-refractivity contribution in [3.8, 4) is 0 Å². The van der Waals surface area contributed by atoms with E-state index in [0.29, 0.717) is 18.0 Å². The third-order valence-electron chi connectivity index (χ3n) is 3.59. The molecule has 0 aliphatic carbocycles. The Kier molecular flexibility index (Phi) is 3.90. The Morgan fingerprint density at radius 2 is 1.93 bits per heavy atom. The fourth-order valence-electron chi connectivity index (χ4n) is 2.17. The van der Waals surface area contributed by atoms with Gasteiger partial charge in [0.15, 0.2) is 0 Å². The van der Waals surface area contributed by atoms with E-state index in [0.717, 1.165) is 5.75 Å². The van der Waals surface area contributed by atoms with E-state index < -0.39 is 0 Å². The van der Waals surface area contributed by atoms with Crippen molar-refractivity contribution >= 4 is 12.6 Å². The second kappa shape index (κ2) is 4.58. The van der Waals surface area contributed by atoms with Crippen molar-refractivity contribution in [2.75, 3.05) is 12.4 Å². The predicted octanol–water partition coefficient (Wildman–Crippen LogP) is 1.91. The van der Waals surface area contributed by atoms with Crippen LogP contribution in [0.5, 0.6) is 0 Å². The Labute approximate surface area is 92.4 Å². The molecule has 3 atom stereocenters. The topological polar surface area (TPSA) is 23.5 Å². The standard InChI is InChI=1S/C11H21NOS/c1-7(6-14)9(3)12-10(4)8(2)11(12)5-13/h8,10-11,13-14H,5-6H2,1-4H3/b9-7-. The number of hydrogen-bond donors (Lipinski definition) is 2. The van der Waals surface area contributed by atoms with Gasteiger partial charge in [-0.25, -0.2) is 0 Å². The van der Waals surface area contributed by atoms with E-state index in [4.69, 9.17) is 0 Å². The summed E-state index contributed by atoms with van der Waals surface area (Å²) in [7, 11) is 0. The molecule has 1 saturated heterocycles. The maximum atomic E-state index is 9.26. The van der Waals surface area contributed by atoms with E-state index >= 15 is 0 Å². The predicted molar refractivity (Wildman–Crippen MR) is 63.6 cm³/mol. The lowest BCUT2D eigenvalue weighted by molar-refractivity contribution is -0.0367. The molecule has 1 aliphatic heterocycles. The zero-order valence-corrected chi connectivity index (χ0v) is 10.4. The van der Waals surface area contributed by atoms with E-state index in [1.165, 1.54) is 11.3 Å². The van der Waals surface area contributed by atoms with Crippen LogP contribution in [0.2, 0.25) is 0 Å². The van der Waals surface area contributed by atoms with Gasteiger partial charge in [0.2, 0.25) is 0 Å². The zero-order chi connectivity index (χ0) is 10.9. The number of rotatable bonds is 3. The number of hydrogen-bond acceptors (Lipinski definition) is 3. The molecule has 2 nitrogen and oxygen atoms in total. The number of likely N-dealkylation sites (tertiary alicyclic amines) is 1. The van der Waals surface area contributed by atoms with Crippen LogP contribution in [0.3, 0.4) is 0 Å². The summed E-state index contributed by atoms with van der Waals surface area (Å²) >= 11 is 4.28. The van der Waals surface area contributed by atoms with Gasteiger partial charge in [-0.3, -0.25) is 0 Å². The van der Waals surface area contributed by atoms with Gasteiger partial charge in [-0.2, -0.15) is 12.6 Å². The first-order chi connectivity index (χ1) is 6.54. The Morgan fingerprint density at radius 1 is 1.36 bits per heavy atom. The van der Waals surface area contributed by atoms with Gasteiger partial charge in [0.1, 0.15) is 0 Å². The molecule has 3 unspecified atom stereocenters. The Hall–Kier alpha value is -0.150. The van der Waals surface area contributed by atoms with Crippen molar-refractivity contribution in [3.63, 3.8) is 0 Å². The number of aliphatic hydroxyl groups is 1. The molecule has 14 heavy (non-hydrogen) atoms. The maximum absolute atomic E-state index is 9.26. The van der Waals surface area contributed by atoms with Crippen LogP contribution in [-0.4, -0.2) is 34.4 Å². The van der Waals surface area contributed by atoms with Gasteiger partial charge in [0.05, 0.1) is 12.6 Å². The van der Waals surface area contributed by atoms with Crippen LogP contribution in [0.15, 0.2) is 11.3 Å². The van der Waals surface area contributed by atoms with Crippen molar-refractivity contribution in [3.05, 3.63) is 11.3 Å². The minimum Gasteiger partial charge on any atom is -0.394 e. The quantitative estimate of drug-likeness (QED) is 0.703. The molecule has 0 aromatic rings. The van der Waals surface area contributed by atoms with Crippen molar-refractivity contribution in [2.45, 2.75) is 39.8 Å². The van der Waals surface area contributed by atoms with E-state index in [1.54, 1.807) is 0 Å². The van der Waals surface area contributed by atoms with E-state index in [1.807, 2.05) is 0 Å². The van der Waals surface area contributed by atoms with E-state index in [9.17, 15) is 5.11 Å². The molecule has 0 saturated carbocycles. The highest BCUT2D eigenvalue weighted by Gasteiger charge is 2.42. The molecule has 3 heteroatoms. The highest BCUT2D eigenvalue weighted by atomic mass is 32.1. The molecule has 0 radical (unpaired) electrons. The van der Waals surface area contributed by atoms with E-state index in [-0.39, 0.29) is 6.61 Å². The number of aliphatic hydroxyl groups excluding tert-OH is 1. The second-order valence-electron chi connectivity index (χ2n) is 4.28. The SMILES string of the molecule is C/C(CS)=C(\C)N1C(C)C(C)C1CO. The number of allylic oxidation sites excluding steroid dienone is 1. The highest BCUT2D eigenvalue weighted by Crippen LogP contribution is 2.36. The first kappa shape index (κ1) is 11.9. The van der Waals surface area contributed by atoms with Gasteiger partial charge in [0, 0.05) is 17.5 Å². The van der Waals surface area contributed by atoms with Crippen LogP contribution in [0.1, 0.15) is 27.7 Å². The van der Waals surface area contributed by atoms with Crippen LogP contribution < -0.4 is 0 Å². The summed E-state index contributed by atoms with van der Waals surface area (Å²) in [6.07, 6.45) is 0. The van der Waals surface area contributed by atoms with Crippen molar-refractivity contribution in [1.82, 2.24) is 4.90 Å². The number of thiol groups is 1. The fraction of sp³-hybridized carbons (Fsp3) is 0.818. The average Bonchev–Trinajstić information content (AvgIpc) is 2.21. The van der Waals surface area contributed by atoms with Gasteiger partial charge in [0.25, 0.3) is 0 Å². The van der Waals surface area contributed by atoms with Gasteiger partial charge < -0.3 is 10.0 Å². The van der Waals surface area contributed by atoms with Crippen LogP contribution in [-0.2, 0) is 0 Å². The van der Waals surface area contributed by atoms with Gasteiger partial charge in [-0.1, -0.05) is 6.92 Å². The lowest BCUT2D eigenvalue weighted by atomic mass is 9.81. The molecular weight excluding hydrogens is 194 g/mol. The third kappa shape index (κ3) is 1.80. The molecule has 1 aliphatic rings. The minimum absolute atomic E-state index is 0.253. The summed E-state index contributed by atoms with van der Waals surface area (Å²) in [4.78, 5) is 2.32. The van der Waals surface area contributed by atoms with Crippen LogP contribution in [0, 0.1) is 5.92 Å². The summed E-state index contributed by atoms with van der Waals surface area (Å²) < 4.78 is 0. The summed E-state index contributed by atoms with van der Waals surface area (Å²) in [5.74, 6) is 1.38. The van der Waals surface area contributed by atoms with Gasteiger partial charge >= 0.3 is 0 Å². The molecule has 1 fully saturated rings. The van der Waals surface area contributed by atoms with Crippen LogP contribution in [0.4, 0.5) is 0 Å². The van der Waals surface area contributed by atoms with Gasteiger partial charge in [-0.15, -0.1) is 0 Å². The van der Waals surface area contributed by atoms with Crippen molar-refractivity contribution in [1.29, 1.82) is 0 Å². The first-order valence-electron chi connectivity index (χ1n) is 5.21. The van der Waals surface area contributed by atoms with Crippen LogP contribution >= 0.6 is 12.6 Å². The summed E-state index contributed by atoms with van der Waals surface area (Å²) in [6, 6.07) is 0.849. The highest BCUT2D eigenvalue weighted by molar-refractivity contribution is 7.80. The molecule has 0 aromatic heterocycles. The van der Waals surface area contributed by atoms with Crippen molar-refractivity contribution < 1.29 is 5.11 Å². The molecule has 1 rings (SSSR count). The van der Waals surface area contributed by atoms with Gasteiger partial charge in [-0.05, 0) is 32.3 Å². The molecule has 1 heterocycles. The minimum atomic E-state index is 0.253. The first-order valence-corrected chi connectivity index (χ1v) is 5.84. The molecule has 1 N–H and O–H groups in total. The lowest BCUT2D eigenvalue weighted by Crippen LogP contribution is -2.62. The lowest BCUT2D eigenvalue weighted by Gasteiger charge is -2.54. The number of nitrogens with zero attached hydrogens (tertiary/aromatic N) is 1. The summed E-state index contributed by atoms with van der Waals surface area (Å²) in [6.45, 7) is 8.89. The van der Waals surface area contributed by atoms with Crippen LogP contribution in [0.25, 0.3) is 0 Å². The maximum Gasteiger partial charge on any atom is 0.0638 e. The molecule has 0 aromatic carbocycles. The summed E-state index contributed by atoms with van der Waals surface area (Å²) in [5.41, 5.74) is 2.58. The third-order valence-corrected chi connectivity index (χ3v) is 4.07. The van der Waals surface area contributed by atoms with Crippen molar-refractivity contribution in [2.24, 2.45) is 5.92 Å². The molecule has 82 valence electrons. The Bertz CT molecular complexity index is 239. The Morgan fingerprint density at radius 3 is 2.36 bits per heavy atom. The Balaban J connectivity index is 2.78. The fourth-order valence-corrected chi connectivity index (χ4v) is 2.40. The molecular formula is C11H21NOS. The average molecular weight is 215 g/mol.